The van der Waals surface area contributed by atoms with Crippen molar-refractivity contribution >= 4 is 43.3 Å². The molecule has 4 heteroatoms. The van der Waals surface area contributed by atoms with E-state index in [1.807, 2.05) is 25.1 Å². The molecular formula is C10H7BrO2S. The summed E-state index contributed by atoms with van der Waals surface area (Å²) >= 11 is 4.63. The van der Waals surface area contributed by atoms with Crippen molar-refractivity contribution in [1.82, 2.24) is 0 Å². The molecule has 1 heterocycles. The number of hydrogen-bond acceptors (Lipinski definition) is 2. The van der Waals surface area contributed by atoms with Crippen LogP contribution >= 0.6 is 27.3 Å². The standard InChI is InChI=1S/C10H7BrO2S/c1-5-3-2-4-6-7(11)9(10(12)13)14-8(5)6/h2-4H,1H3,(H,12,13). The van der Waals surface area contributed by atoms with Crippen LogP contribution < -0.4 is 0 Å². The van der Waals surface area contributed by atoms with Gasteiger partial charge in [-0.2, -0.15) is 0 Å². The molecule has 0 aliphatic heterocycles. The Morgan fingerprint density at radius 3 is 2.79 bits per heavy atom. The van der Waals surface area contributed by atoms with Gasteiger partial charge in [0, 0.05) is 10.1 Å². The highest BCUT2D eigenvalue weighted by molar-refractivity contribution is 9.10. The molecule has 2 nitrogen and oxygen atoms in total. The van der Waals surface area contributed by atoms with Crippen LogP contribution in [-0.4, -0.2) is 11.1 Å². The Morgan fingerprint density at radius 1 is 1.50 bits per heavy atom. The fourth-order valence-electron chi connectivity index (χ4n) is 1.37. The molecule has 0 radical (unpaired) electrons. The Bertz CT molecular complexity index is 516. The molecule has 2 rings (SSSR count). The molecule has 0 aliphatic rings. The van der Waals surface area contributed by atoms with E-state index in [-0.39, 0.29) is 0 Å². The number of rotatable bonds is 1. The molecule has 2 aromatic rings. The van der Waals surface area contributed by atoms with Crippen molar-refractivity contribution in [2.75, 3.05) is 0 Å². The predicted octanol–water partition coefficient (Wildman–Crippen LogP) is 3.67. The number of carboxylic acid groups (broad SMARTS) is 1. The molecule has 1 aromatic carbocycles. The second-order valence-electron chi connectivity index (χ2n) is 3.00. The third kappa shape index (κ3) is 1.35. The fourth-order valence-corrected chi connectivity index (χ4v) is 3.24. The van der Waals surface area contributed by atoms with Gasteiger partial charge in [0.05, 0.1) is 4.47 Å². The summed E-state index contributed by atoms with van der Waals surface area (Å²) in [5.74, 6) is -0.877. The van der Waals surface area contributed by atoms with E-state index < -0.39 is 5.97 Å². The lowest BCUT2D eigenvalue weighted by Gasteiger charge is -1.93. The highest BCUT2D eigenvalue weighted by Crippen LogP contribution is 2.37. The topological polar surface area (TPSA) is 37.3 Å². The lowest BCUT2D eigenvalue weighted by atomic mass is 10.2. The minimum Gasteiger partial charge on any atom is -0.477 e. The minimum absolute atomic E-state index is 0.370. The van der Waals surface area contributed by atoms with Gasteiger partial charge in [0.25, 0.3) is 0 Å². The number of hydrogen-bond donors (Lipinski definition) is 1. The first-order chi connectivity index (χ1) is 6.61. The van der Waals surface area contributed by atoms with Crippen LogP contribution in [0.2, 0.25) is 0 Å². The van der Waals surface area contributed by atoms with Crippen molar-refractivity contribution < 1.29 is 9.90 Å². The molecule has 0 amide bonds. The van der Waals surface area contributed by atoms with Crippen LogP contribution in [0.5, 0.6) is 0 Å². The van der Waals surface area contributed by atoms with E-state index in [9.17, 15) is 4.79 Å². The monoisotopic (exact) mass is 270 g/mol. The summed E-state index contributed by atoms with van der Waals surface area (Å²) in [4.78, 5) is 11.3. The molecule has 0 saturated carbocycles. The van der Waals surface area contributed by atoms with Gasteiger partial charge in [-0.1, -0.05) is 18.2 Å². The molecule has 0 spiro atoms. The molecular weight excluding hydrogens is 264 g/mol. The third-order valence-corrected chi connectivity index (χ3v) is 4.46. The molecule has 0 aliphatic carbocycles. The Balaban J connectivity index is 2.86. The number of fused-ring (bicyclic) bond motifs is 1. The van der Waals surface area contributed by atoms with Crippen molar-refractivity contribution in [2.45, 2.75) is 6.92 Å². The summed E-state index contributed by atoms with van der Waals surface area (Å²) in [6.07, 6.45) is 0. The van der Waals surface area contributed by atoms with Gasteiger partial charge < -0.3 is 5.11 Å². The zero-order valence-corrected chi connectivity index (χ0v) is 9.78. The van der Waals surface area contributed by atoms with E-state index in [1.165, 1.54) is 11.3 Å². The van der Waals surface area contributed by atoms with Crippen LogP contribution in [-0.2, 0) is 0 Å². The van der Waals surface area contributed by atoms with E-state index in [0.29, 0.717) is 9.35 Å². The van der Waals surface area contributed by atoms with E-state index >= 15 is 0 Å². The lowest BCUT2D eigenvalue weighted by Crippen LogP contribution is -1.91. The van der Waals surface area contributed by atoms with Crippen LogP contribution in [0.4, 0.5) is 0 Å². The number of benzene rings is 1. The van der Waals surface area contributed by atoms with Crippen LogP contribution in [0.15, 0.2) is 22.7 Å². The van der Waals surface area contributed by atoms with Gasteiger partial charge in [-0.3, -0.25) is 0 Å². The van der Waals surface area contributed by atoms with Crippen molar-refractivity contribution in [3.05, 3.63) is 33.1 Å². The van der Waals surface area contributed by atoms with E-state index in [0.717, 1.165) is 15.6 Å². The van der Waals surface area contributed by atoms with Crippen LogP contribution in [0.25, 0.3) is 10.1 Å². The Morgan fingerprint density at radius 2 is 2.21 bits per heavy atom. The molecule has 0 saturated heterocycles. The summed E-state index contributed by atoms with van der Waals surface area (Å²) in [5.41, 5.74) is 1.11. The molecule has 72 valence electrons. The van der Waals surface area contributed by atoms with Gasteiger partial charge in [-0.05, 0) is 28.4 Å². The van der Waals surface area contributed by atoms with Gasteiger partial charge in [0.2, 0.25) is 0 Å². The second kappa shape index (κ2) is 3.37. The second-order valence-corrected chi connectivity index (χ2v) is 4.82. The van der Waals surface area contributed by atoms with Crippen molar-refractivity contribution in [3.8, 4) is 0 Å². The molecule has 1 aromatic heterocycles. The number of carbonyl (C=O) groups is 1. The minimum atomic E-state index is -0.877. The maximum Gasteiger partial charge on any atom is 0.347 e. The van der Waals surface area contributed by atoms with Gasteiger partial charge in [0.1, 0.15) is 4.88 Å². The average molecular weight is 271 g/mol. The third-order valence-electron chi connectivity index (χ3n) is 2.05. The molecule has 1 N–H and O–H groups in total. The number of halogens is 1. The zero-order valence-electron chi connectivity index (χ0n) is 7.37. The fraction of sp³-hybridized carbons (Fsp3) is 0.100. The van der Waals surface area contributed by atoms with E-state index in [4.69, 9.17) is 5.11 Å². The highest BCUT2D eigenvalue weighted by atomic mass is 79.9. The summed E-state index contributed by atoms with van der Waals surface area (Å²) < 4.78 is 1.73. The van der Waals surface area contributed by atoms with Crippen LogP contribution in [0, 0.1) is 6.92 Å². The zero-order chi connectivity index (χ0) is 10.3. The number of carboxylic acids is 1. The Hall–Kier alpha value is -0.870. The summed E-state index contributed by atoms with van der Waals surface area (Å²) in [6, 6.07) is 5.84. The SMILES string of the molecule is Cc1cccc2c(Br)c(C(=O)O)sc12. The van der Waals surface area contributed by atoms with Crippen LogP contribution in [0.1, 0.15) is 15.2 Å². The van der Waals surface area contributed by atoms with Crippen LogP contribution in [0.3, 0.4) is 0 Å². The highest BCUT2D eigenvalue weighted by Gasteiger charge is 2.15. The normalized spacial score (nSPS) is 10.7. The van der Waals surface area contributed by atoms with E-state index in [2.05, 4.69) is 15.9 Å². The lowest BCUT2D eigenvalue weighted by molar-refractivity contribution is 0.0701. The summed E-state index contributed by atoms with van der Waals surface area (Å²) in [6.45, 7) is 1.98. The molecule has 0 fully saturated rings. The van der Waals surface area contributed by atoms with Crippen molar-refractivity contribution in [1.29, 1.82) is 0 Å². The van der Waals surface area contributed by atoms with Gasteiger partial charge in [-0.25, -0.2) is 4.79 Å². The van der Waals surface area contributed by atoms with E-state index in [1.54, 1.807) is 0 Å². The first kappa shape index (κ1) is 9.68. The van der Waals surface area contributed by atoms with Crippen molar-refractivity contribution in [3.63, 3.8) is 0 Å². The number of aryl methyl sites for hydroxylation is 1. The van der Waals surface area contributed by atoms with Gasteiger partial charge in [0.15, 0.2) is 0 Å². The first-order valence-electron chi connectivity index (χ1n) is 4.02. The Kier molecular flexibility index (Phi) is 2.33. The molecule has 14 heavy (non-hydrogen) atoms. The number of thiophene rings is 1. The molecule has 0 unspecified atom stereocenters. The predicted molar refractivity (Wildman–Crippen MR) is 61.2 cm³/mol. The largest absolute Gasteiger partial charge is 0.477 e. The smallest absolute Gasteiger partial charge is 0.347 e. The summed E-state index contributed by atoms with van der Waals surface area (Å²) in [5, 5.41) is 9.92. The van der Waals surface area contributed by atoms with Gasteiger partial charge >= 0.3 is 5.97 Å². The van der Waals surface area contributed by atoms with Gasteiger partial charge in [-0.15, -0.1) is 11.3 Å². The molecule has 0 atom stereocenters. The Labute approximate surface area is 93.3 Å². The molecule has 0 bridgehead atoms. The number of aromatic carboxylic acids is 1. The summed E-state index contributed by atoms with van der Waals surface area (Å²) in [7, 11) is 0. The maximum atomic E-state index is 10.9. The quantitative estimate of drug-likeness (QED) is 0.859. The van der Waals surface area contributed by atoms with Crippen molar-refractivity contribution in [2.24, 2.45) is 0 Å². The average Bonchev–Trinajstić information content (AvgIpc) is 2.46. The first-order valence-corrected chi connectivity index (χ1v) is 5.63. The maximum absolute atomic E-state index is 10.9.